The molecule has 0 amide bonds. The Hall–Kier alpha value is -3.28. The summed E-state index contributed by atoms with van der Waals surface area (Å²) >= 11 is 0. The molecule has 0 atom stereocenters. The van der Waals surface area contributed by atoms with Crippen molar-refractivity contribution in [2.45, 2.75) is 0 Å². The highest BCUT2D eigenvalue weighted by atomic mass is 16.5. The van der Waals surface area contributed by atoms with Gasteiger partial charge in [0.2, 0.25) is 11.7 Å². The summed E-state index contributed by atoms with van der Waals surface area (Å²) < 4.78 is 12.7. The van der Waals surface area contributed by atoms with Crippen molar-refractivity contribution in [3.05, 3.63) is 53.4 Å². The van der Waals surface area contributed by atoms with Crippen LogP contribution in [0.4, 0.5) is 0 Å². The van der Waals surface area contributed by atoms with Crippen molar-refractivity contribution in [2.75, 3.05) is 7.11 Å². The van der Waals surface area contributed by atoms with Crippen LogP contribution in [0.2, 0.25) is 0 Å². The Morgan fingerprint density at radius 3 is 2.88 bits per heavy atom. The first-order valence-corrected chi connectivity index (χ1v) is 7.35. The molecular formula is C18H14N2O4. The summed E-state index contributed by atoms with van der Waals surface area (Å²) in [5.41, 5.74) is 2.55. The SMILES string of the molecule is COc1ccc2c(n1)c(C=C1Oc3cccc(O)c3C1=O)cn2C. The minimum absolute atomic E-state index is 0.0846. The molecule has 24 heavy (non-hydrogen) atoms. The average molecular weight is 322 g/mol. The second kappa shape index (κ2) is 5.13. The van der Waals surface area contributed by atoms with E-state index < -0.39 is 0 Å². The Morgan fingerprint density at radius 1 is 1.29 bits per heavy atom. The van der Waals surface area contributed by atoms with Crippen molar-refractivity contribution in [1.29, 1.82) is 0 Å². The van der Waals surface area contributed by atoms with Crippen LogP contribution in [-0.2, 0) is 7.05 Å². The van der Waals surface area contributed by atoms with E-state index in [1.54, 1.807) is 31.4 Å². The Bertz CT molecular complexity index is 1020. The van der Waals surface area contributed by atoms with Gasteiger partial charge in [-0.2, -0.15) is 0 Å². The maximum atomic E-state index is 12.5. The van der Waals surface area contributed by atoms with Gasteiger partial charge in [0.1, 0.15) is 17.1 Å². The number of hydrogen-bond donors (Lipinski definition) is 1. The number of phenolic OH excluding ortho intramolecular Hbond substituents is 1. The van der Waals surface area contributed by atoms with Crippen LogP contribution < -0.4 is 9.47 Å². The lowest BCUT2D eigenvalue weighted by Gasteiger charge is -2.00. The van der Waals surface area contributed by atoms with Crippen LogP contribution >= 0.6 is 0 Å². The third-order valence-electron chi connectivity index (χ3n) is 4.01. The smallest absolute Gasteiger partial charge is 0.235 e. The molecule has 0 saturated heterocycles. The monoisotopic (exact) mass is 322 g/mol. The number of phenols is 1. The highest BCUT2D eigenvalue weighted by Gasteiger charge is 2.30. The summed E-state index contributed by atoms with van der Waals surface area (Å²) in [6.45, 7) is 0. The van der Waals surface area contributed by atoms with E-state index in [0.717, 1.165) is 11.1 Å². The molecule has 120 valence electrons. The van der Waals surface area contributed by atoms with Gasteiger partial charge in [-0.05, 0) is 24.3 Å². The van der Waals surface area contributed by atoms with Crippen LogP contribution in [0.25, 0.3) is 17.1 Å². The molecule has 0 bridgehead atoms. The minimum Gasteiger partial charge on any atom is -0.507 e. The number of fused-ring (bicyclic) bond motifs is 2. The highest BCUT2D eigenvalue weighted by Crippen LogP contribution is 2.37. The van der Waals surface area contributed by atoms with Crippen LogP contribution in [0.5, 0.6) is 17.4 Å². The van der Waals surface area contributed by atoms with Crippen molar-refractivity contribution >= 4 is 22.9 Å². The topological polar surface area (TPSA) is 73.6 Å². The van der Waals surface area contributed by atoms with Crippen molar-refractivity contribution in [3.63, 3.8) is 0 Å². The number of carbonyl (C=O) groups is 1. The first-order valence-electron chi connectivity index (χ1n) is 7.35. The molecule has 0 spiro atoms. The Kier molecular flexibility index (Phi) is 3.06. The maximum Gasteiger partial charge on any atom is 0.235 e. The van der Waals surface area contributed by atoms with Gasteiger partial charge >= 0.3 is 0 Å². The zero-order chi connectivity index (χ0) is 16.8. The van der Waals surface area contributed by atoms with Crippen molar-refractivity contribution in [3.8, 4) is 17.4 Å². The van der Waals surface area contributed by atoms with Crippen LogP contribution in [0, 0.1) is 0 Å². The first kappa shape index (κ1) is 14.3. The van der Waals surface area contributed by atoms with Crippen LogP contribution in [0.15, 0.2) is 42.3 Å². The van der Waals surface area contributed by atoms with E-state index in [2.05, 4.69) is 4.98 Å². The molecule has 6 nitrogen and oxygen atoms in total. The van der Waals surface area contributed by atoms with Gasteiger partial charge in [0.05, 0.1) is 18.1 Å². The first-order chi connectivity index (χ1) is 11.6. The summed E-state index contributed by atoms with van der Waals surface area (Å²) in [6.07, 6.45) is 3.50. The number of Topliss-reactive ketones (excluding diaryl/α,β-unsaturated/α-hetero) is 1. The fourth-order valence-corrected chi connectivity index (χ4v) is 2.85. The molecule has 0 unspecified atom stereocenters. The number of hydrogen-bond acceptors (Lipinski definition) is 5. The van der Waals surface area contributed by atoms with E-state index in [1.807, 2.05) is 23.9 Å². The summed E-state index contributed by atoms with van der Waals surface area (Å²) in [4.78, 5) is 16.9. The van der Waals surface area contributed by atoms with E-state index >= 15 is 0 Å². The van der Waals surface area contributed by atoms with Crippen molar-refractivity contribution in [2.24, 2.45) is 7.05 Å². The van der Waals surface area contributed by atoms with Gasteiger partial charge in [0, 0.05) is 24.9 Å². The maximum absolute atomic E-state index is 12.5. The lowest BCUT2D eigenvalue weighted by molar-refractivity contribution is 0.101. The summed E-state index contributed by atoms with van der Waals surface area (Å²) in [7, 11) is 3.45. The largest absolute Gasteiger partial charge is 0.507 e. The number of pyridine rings is 1. The summed E-state index contributed by atoms with van der Waals surface area (Å²) in [6, 6.07) is 8.44. The molecule has 0 fully saturated rings. The summed E-state index contributed by atoms with van der Waals surface area (Å²) in [5.74, 6) is 0.579. The average Bonchev–Trinajstić information content (AvgIpc) is 3.06. The molecule has 1 aliphatic rings. The number of aryl methyl sites for hydroxylation is 1. The van der Waals surface area contributed by atoms with Crippen molar-refractivity contribution < 1.29 is 19.4 Å². The molecule has 3 aromatic rings. The Morgan fingerprint density at radius 2 is 2.12 bits per heavy atom. The molecule has 1 aromatic carbocycles. The number of aromatic nitrogens is 2. The Labute approximate surface area is 137 Å². The highest BCUT2D eigenvalue weighted by molar-refractivity contribution is 6.16. The number of ketones is 1. The van der Waals surface area contributed by atoms with E-state index in [-0.39, 0.29) is 22.9 Å². The van der Waals surface area contributed by atoms with E-state index in [0.29, 0.717) is 17.1 Å². The van der Waals surface area contributed by atoms with Crippen LogP contribution in [-0.4, -0.2) is 27.6 Å². The zero-order valence-electron chi connectivity index (χ0n) is 13.1. The molecule has 4 rings (SSSR count). The van der Waals surface area contributed by atoms with Gasteiger partial charge in [0.25, 0.3) is 0 Å². The van der Waals surface area contributed by atoms with Gasteiger partial charge in [0.15, 0.2) is 5.76 Å². The lowest BCUT2D eigenvalue weighted by Crippen LogP contribution is -1.98. The molecular weight excluding hydrogens is 308 g/mol. The number of carbonyl (C=O) groups excluding carboxylic acids is 1. The van der Waals surface area contributed by atoms with Gasteiger partial charge in [-0.1, -0.05) is 6.07 Å². The van der Waals surface area contributed by atoms with E-state index in [4.69, 9.17) is 9.47 Å². The quantitative estimate of drug-likeness (QED) is 0.734. The summed E-state index contributed by atoms with van der Waals surface area (Å²) in [5, 5.41) is 9.87. The lowest BCUT2D eigenvalue weighted by atomic mass is 10.1. The number of aromatic hydroxyl groups is 1. The molecule has 1 aliphatic heterocycles. The second-order valence-corrected chi connectivity index (χ2v) is 5.51. The predicted octanol–water partition coefficient (Wildman–Crippen LogP) is 2.90. The number of ether oxygens (including phenoxy) is 2. The van der Waals surface area contributed by atoms with Gasteiger partial charge in [-0.15, -0.1) is 0 Å². The number of nitrogens with zero attached hydrogens (tertiary/aromatic N) is 2. The molecule has 3 heterocycles. The third kappa shape index (κ3) is 2.04. The Balaban J connectivity index is 1.84. The van der Waals surface area contributed by atoms with Gasteiger partial charge in [-0.25, -0.2) is 4.98 Å². The number of methoxy groups -OCH3 is 1. The van der Waals surface area contributed by atoms with Crippen molar-refractivity contribution in [1.82, 2.24) is 9.55 Å². The number of allylic oxidation sites excluding steroid dienone is 1. The molecule has 0 aliphatic carbocycles. The normalized spacial score (nSPS) is 14.9. The molecule has 2 aromatic heterocycles. The molecule has 1 N–H and O–H groups in total. The third-order valence-corrected chi connectivity index (χ3v) is 4.01. The van der Waals surface area contributed by atoms with Gasteiger partial charge < -0.3 is 19.1 Å². The van der Waals surface area contributed by atoms with E-state index in [9.17, 15) is 9.90 Å². The molecule has 0 saturated carbocycles. The van der Waals surface area contributed by atoms with Crippen LogP contribution in [0.1, 0.15) is 15.9 Å². The zero-order valence-corrected chi connectivity index (χ0v) is 13.1. The number of benzene rings is 1. The number of rotatable bonds is 2. The van der Waals surface area contributed by atoms with Crippen LogP contribution in [0.3, 0.4) is 0 Å². The second-order valence-electron chi connectivity index (χ2n) is 5.51. The van der Waals surface area contributed by atoms with E-state index in [1.165, 1.54) is 6.07 Å². The standard InChI is InChI=1S/C18H14N2O4/c1-20-9-10(17-11(20)6-7-15(19-17)23-2)8-14-18(22)16-12(21)4-3-5-13(16)24-14/h3-9,21H,1-2H3. The predicted molar refractivity (Wildman–Crippen MR) is 88.3 cm³/mol. The van der Waals surface area contributed by atoms with Gasteiger partial charge in [-0.3, -0.25) is 4.79 Å². The minimum atomic E-state index is -0.344. The fraction of sp³-hybridized carbons (Fsp3) is 0.111. The molecule has 0 radical (unpaired) electrons. The fourth-order valence-electron chi connectivity index (χ4n) is 2.85. The molecule has 6 heteroatoms.